The molecule has 0 atom stereocenters. The van der Waals surface area contributed by atoms with Crippen LogP contribution in [-0.4, -0.2) is 45.0 Å². The number of aryl methyl sites for hydroxylation is 1. The molecule has 10 heteroatoms. The minimum Gasteiger partial charge on any atom is -0.378 e. The highest BCUT2D eigenvalue weighted by Gasteiger charge is 2.25. The van der Waals surface area contributed by atoms with Crippen LogP contribution in [-0.2, 0) is 23.6 Å². The van der Waals surface area contributed by atoms with Gasteiger partial charge in [0.25, 0.3) is 5.56 Å². The smallest absolute Gasteiger partial charge is 0.262 e. The van der Waals surface area contributed by atoms with Gasteiger partial charge in [0.2, 0.25) is 15.8 Å². The molecule has 1 aliphatic rings. The Labute approximate surface area is 191 Å². The first kappa shape index (κ1) is 21.6. The molecule has 0 bridgehead atoms. The lowest BCUT2D eigenvalue weighted by atomic mass is 10.2. The Hall–Kier alpha value is -3.24. The van der Waals surface area contributed by atoms with E-state index in [2.05, 4.69) is 15.5 Å². The van der Waals surface area contributed by atoms with Gasteiger partial charge in [0.1, 0.15) is 0 Å². The van der Waals surface area contributed by atoms with Crippen LogP contribution in [0.1, 0.15) is 31.5 Å². The van der Waals surface area contributed by atoms with Gasteiger partial charge in [0.15, 0.2) is 5.82 Å². The summed E-state index contributed by atoms with van der Waals surface area (Å²) >= 11 is 0. The van der Waals surface area contributed by atoms with Crippen LogP contribution in [0.3, 0.4) is 0 Å². The number of hydrogen-bond donors (Lipinski definition) is 1. The number of hydrogen-bond acceptors (Lipinski definition) is 6. The van der Waals surface area contributed by atoms with Crippen molar-refractivity contribution in [2.75, 3.05) is 18.4 Å². The molecule has 2 aromatic carbocycles. The first-order valence-electron chi connectivity index (χ1n) is 11.1. The Morgan fingerprint density at radius 2 is 1.64 bits per heavy atom. The Morgan fingerprint density at radius 1 is 0.939 bits per heavy atom. The SMILES string of the molecule is Cn1c(=O)c2ccccc2n2c(CNc3ccc(S(=O)(=O)N4CCCCCC4)cc3)nnc12. The van der Waals surface area contributed by atoms with Crippen LogP contribution in [0, 0.1) is 0 Å². The van der Waals surface area contributed by atoms with Gasteiger partial charge >= 0.3 is 0 Å². The lowest BCUT2D eigenvalue weighted by Gasteiger charge is -2.20. The second-order valence-corrected chi connectivity index (χ2v) is 10.3. The number of nitrogens with one attached hydrogen (secondary N) is 1. The van der Waals surface area contributed by atoms with Gasteiger partial charge in [-0.3, -0.25) is 13.8 Å². The minimum atomic E-state index is -3.48. The van der Waals surface area contributed by atoms with Crippen LogP contribution in [0.15, 0.2) is 58.2 Å². The van der Waals surface area contributed by atoms with Crippen LogP contribution in [0.25, 0.3) is 16.7 Å². The van der Waals surface area contributed by atoms with E-state index >= 15 is 0 Å². The molecule has 0 amide bonds. The standard InChI is InChI=1S/C23H26N6O3S/c1-27-22(30)19-8-4-5-9-20(19)29-21(25-26-23(27)29)16-24-17-10-12-18(13-11-17)33(31,32)28-14-6-2-3-7-15-28/h4-5,8-13,24H,2-3,6-7,14-16H2,1H3. The maximum atomic E-state index is 13.0. The number of benzene rings is 2. The molecular formula is C23H26N6O3S. The largest absolute Gasteiger partial charge is 0.378 e. The van der Waals surface area contributed by atoms with E-state index in [1.165, 1.54) is 4.57 Å². The van der Waals surface area contributed by atoms with Gasteiger partial charge in [0, 0.05) is 25.8 Å². The van der Waals surface area contributed by atoms with Crippen molar-refractivity contribution in [3.8, 4) is 0 Å². The number of anilines is 1. The first-order valence-corrected chi connectivity index (χ1v) is 12.6. The Kier molecular flexibility index (Phi) is 5.63. The van der Waals surface area contributed by atoms with E-state index < -0.39 is 10.0 Å². The van der Waals surface area contributed by atoms with Crippen LogP contribution in [0.2, 0.25) is 0 Å². The normalized spacial score (nSPS) is 15.7. The van der Waals surface area contributed by atoms with Gasteiger partial charge in [-0.05, 0) is 49.2 Å². The summed E-state index contributed by atoms with van der Waals surface area (Å²) in [5.41, 5.74) is 1.40. The molecule has 4 aromatic rings. The van der Waals surface area contributed by atoms with E-state index in [9.17, 15) is 13.2 Å². The van der Waals surface area contributed by atoms with Crippen molar-refractivity contribution in [2.24, 2.45) is 7.05 Å². The van der Waals surface area contributed by atoms with Crippen LogP contribution in [0.5, 0.6) is 0 Å². The van der Waals surface area contributed by atoms with Crippen LogP contribution in [0.4, 0.5) is 5.69 Å². The van der Waals surface area contributed by atoms with Crippen molar-refractivity contribution in [3.63, 3.8) is 0 Å². The van der Waals surface area contributed by atoms with Gasteiger partial charge in [-0.1, -0.05) is 25.0 Å². The monoisotopic (exact) mass is 466 g/mol. The van der Waals surface area contributed by atoms with E-state index in [0.717, 1.165) is 36.9 Å². The van der Waals surface area contributed by atoms with Crippen LogP contribution < -0.4 is 10.9 Å². The van der Waals surface area contributed by atoms with Crippen molar-refractivity contribution in [3.05, 3.63) is 64.7 Å². The fourth-order valence-corrected chi connectivity index (χ4v) is 5.88. The summed E-state index contributed by atoms with van der Waals surface area (Å²) in [6.07, 6.45) is 3.97. The predicted octanol–water partition coefficient (Wildman–Crippen LogP) is 2.76. The second-order valence-electron chi connectivity index (χ2n) is 8.33. The van der Waals surface area contributed by atoms with E-state index in [1.807, 2.05) is 22.6 Å². The molecule has 1 aliphatic heterocycles. The average molecular weight is 467 g/mol. The molecule has 0 unspecified atom stereocenters. The highest BCUT2D eigenvalue weighted by molar-refractivity contribution is 7.89. The van der Waals surface area contributed by atoms with E-state index in [-0.39, 0.29) is 5.56 Å². The Balaban J connectivity index is 1.39. The third-order valence-corrected chi connectivity index (χ3v) is 8.11. The lowest BCUT2D eigenvalue weighted by Crippen LogP contribution is -2.31. The lowest BCUT2D eigenvalue weighted by molar-refractivity contribution is 0.424. The molecule has 0 aliphatic carbocycles. The summed E-state index contributed by atoms with van der Waals surface area (Å²) in [7, 11) is -1.80. The van der Waals surface area contributed by atoms with Gasteiger partial charge in [-0.2, -0.15) is 4.31 Å². The van der Waals surface area contributed by atoms with Crippen molar-refractivity contribution in [1.82, 2.24) is 23.5 Å². The maximum absolute atomic E-state index is 13.0. The molecule has 1 fully saturated rings. The van der Waals surface area contributed by atoms with Crippen LogP contribution >= 0.6 is 0 Å². The molecule has 0 saturated carbocycles. The quantitative estimate of drug-likeness (QED) is 0.485. The van der Waals surface area contributed by atoms with Gasteiger partial charge in [0.05, 0.1) is 22.3 Å². The van der Waals surface area contributed by atoms with Crippen molar-refractivity contribution < 1.29 is 8.42 Å². The summed E-state index contributed by atoms with van der Waals surface area (Å²) in [6.45, 7) is 1.53. The maximum Gasteiger partial charge on any atom is 0.262 e. The number of fused-ring (bicyclic) bond motifs is 3. The Bertz CT molecular complexity index is 1470. The molecule has 172 valence electrons. The number of sulfonamides is 1. The van der Waals surface area contributed by atoms with Crippen molar-refractivity contribution >= 4 is 32.4 Å². The number of aromatic nitrogens is 4. The highest BCUT2D eigenvalue weighted by atomic mass is 32.2. The zero-order chi connectivity index (χ0) is 23.0. The molecule has 1 saturated heterocycles. The molecule has 33 heavy (non-hydrogen) atoms. The molecule has 3 heterocycles. The molecule has 1 N–H and O–H groups in total. The minimum absolute atomic E-state index is 0.119. The topological polar surface area (TPSA) is 102 Å². The number of para-hydroxylation sites is 1. The molecule has 0 radical (unpaired) electrons. The van der Waals surface area contributed by atoms with Gasteiger partial charge in [-0.25, -0.2) is 8.42 Å². The number of rotatable bonds is 5. The summed E-state index contributed by atoms with van der Waals surface area (Å²) in [6, 6.07) is 14.2. The average Bonchev–Trinajstić information content (AvgIpc) is 3.06. The summed E-state index contributed by atoms with van der Waals surface area (Å²) < 4.78 is 30.9. The highest BCUT2D eigenvalue weighted by Crippen LogP contribution is 2.22. The third-order valence-electron chi connectivity index (χ3n) is 6.20. The summed E-state index contributed by atoms with van der Waals surface area (Å²) in [4.78, 5) is 12.9. The van der Waals surface area contributed by atoms with E-state index in [1.54, 1.807) is 41.7 Å². The zero-order valence-electron chi connectivity index (χ0n) is 18.4. The van der Waals surface area contributed by atoms with E-state index in [4.69, 9.17) is 0 Å². The molecular weight excluding hydrogens is 440 g/mol. The molecule has 0 spiro atoms. The zero-order valence-corrected chi connectivity index (χ0v) is 19.3. The van der Waals surface area contributed by atoms with Gasteiger partial charge < -0.3 is 5.32 Å². The molecule has 9 nitrogen and oxygen atoms in total. The third kappa shape index (κ3) is 3.89. The van der Waals surface area contributed by atoms with Gasteiger partial charge in [-0.15, -0.1) is 10.2 Å². The fraction of sp³-hybridized carbons (Fsp3) is 0.348. The molecule has 5 rings (SSSR count). The number of nitrogens with zero attached hydrogens (tertiary/aromatic N) is 5. The molecule has 2 aromatic heterocycles. The fourth-order valence-electron chi connectivity index (χ4n) is 4.36. The summed E-state index contributed by atoms with van der Waals surface area (Å²) in [5, 5.41) is 12.4. The first-order chi connectivity index (χ1) is 16.0. The predicted molar refractivity (Wildman–Crippen MR) is 127 cm³/mol. The Morgan fingerprint density at radius 3 is 2.36 bits per heavy atom. The summed E-state index contributed by atoms with van der Waals surface area (Å²) in [5.74, 6) is 1.12. The second kappa shape index (κ2) is 8.60. The van der Waals surface area contributed by atoms with Crippen molar-refractivity contribution in [2.45, 2.75) is 37.1 Å². The van der Waals surface area contributed by atoms with Crippen molar-refractivity contribution in [1.29, 1.82) is 0 Å². The van der Waals surface area contributed by atoms with E-state index in [0.29, 0.717) is 41.5 Å².